The molecule has 0 aliphatic heterocycles. The van der Waals surface area contributed by atoms with Gasteiger partial charge in [-0.25, -0.2) is 10.5 Å². The van der Waals surface area contributed by atoms with Crippen LogP contribution in [-0.4, -0.2) is 39.1 Å². The Kier molecular flexibility index (Phi) is 4.93. The maximum atomic E-state index is 12.5. The minimum absolute atomic E-state index is 0.0692. The molecule has 0 spiro atoms. The number of hydrogen-bond acceptors (Lipinski definition) is 5. The molecule has 130 valence electrons. The van der Waals surface area contributed by atoms with Crippen molar-refractivity contribution in [2.75, 3.05) is 11.9 Å². The zero-order chi connectivity index (χ0) is 17.9. The second-order valence-electron chi connectivity index (χ2n) is 4.92. The molecule has 0 aliphatic carbocycles. The molecule has 2 aromatic rings. The number of primary amides is 1. The van der Waals surface area contributed by atoms with Crippen LogP contribution in [0.1, 0.15) is 22.5 Å². The fraction of sp³-hybridized carbons (Fsp3) is 0.308. The second-order valence-corrected chi connectivity index (χ2v) is 4.92. The Bertz CT molecular complexity index is 772. The maximum absolute atomic E-state index is 12.5. The fourth-order valence-electron chi connectivity index (χ4n) is 2.06. The summed E-state index contributed by atoms with van der Waals surface area (Å²) >= 11 is 0. The van der Waals surface area contributed by atoms with Crippen LogP contribution in [0.5, 0.6) is 0 Å². The monoisotopic (exact) mass is 345 g/mol. The van der Waals surface area contributed by atoms with E-state index in [9.17, 15) is 22.8 Å². The first-order chi connectivity index (χ1) is 11.2. The number of imidazole rings is 1. The SMILES string of the molecule is NC(=O)c1ccc2nc(CCC(F)(F)F)c(NCC(=O)NO)n2c1. The lowest BCUT2D eigenvalue weighted by Gasteiger charge is -2.09. The third-order valence-corrected chi connectivity index (χ3v) is 3.16. The van der Waals surface area contributed by atoms with E-state index in [1.807, 2.05) is 0 Å². The van der Waals surface area contributed by atoms with Crippen LogP contribution in [0, 0.1) is 0 Å². The van der Waals surface area contributed by atoms with E-state index in [2.05, 4.69) is 10.3 Å². The van der Waals surface area contributed by atoms with Crippen LogP contribution in [-0.2, 0) is 11.2 Å². The highest BCUT2D eigenvalue weighted by molar-refractivity contribution is 5.93. The van der Waals surface area contributed by atoms with Gasteiger partial charge in [0.15, 0.2) is 0 Å². The summed E-state index contributed by atoms with van der Waals surface area (Å²) < 4.78 is 38.7. The molecule has 0 aromatic carbocycles. The number of carbonyl (C=O) groups excluding carboxylic acids is 2. The second kappa shape index (κ2) is 6.74. The van der Waals surface area contributed by atoms with Crippen molar-refractivity contribution in [1.82, 2.24) is 14.9 Å². The highest BCUT2D eigenvalue weighted by Gasteiger charge is 2.28. The van der Waals surface area contributed by atoms with E-state index < -0.39 is 37.4 Å². The summed E-state index contributed by atoms with van der Waals surface area (Å²) in [5.41, 5.74) is 7.05. The topological polar surface area (TPSA) is 122 Å². The Labute approximate surface area is 133 Å². The Morgan fingerprint density at radius 1 is 1.33 bits per heavy atom. The van der Waals surface area contributed by atoms with E-state index in [0.717, 1.165) is 0 Å². The smallest absolute Gasteiger partial charge is 0.366 e. The lowest BCUT2D eigenvalue weighted by atomic mass is 10.2. The summed E-state index contributed by atoms with van der Waals surface area (Å²) in [4.78, 5) is 26.5. The van der Waals surface area contributed by atoms with E-state index in [4.69, 9.17) is 10.9 Å². The van der Waals surface area contributed by atoms with Gasteiger partial charge in [-0.1, -0.05) is 0 Å². The number of nitrogens with zero attached hydrogens (tertiary/aromatic N) is 2. The van der Waals surface area contributed by atoms with Crippen LogP contribution in [0.3, 0.4) is 0 Å². The summed E-state index contributed by atoms with van der Waals surface area (Å²) in [6, 6.07) is 2.82. The number of aryl methyl sites for hydroxylation is 1. The van der Waals surface area contributed by atoms with Gasteiger partial charge in [-0.2, -0.15) is 13.2 Å². The van der Waals surface area contributed by atoms with Gasteiger partial charge in [-0.3, -0.25) is 19.2 Å². The zero-order valence-corrected chi connectivity index (χ0v) is 12.2. The van der Waals surface area contributed by atoms with Crippen LogP contribution in [0.4, 0.5) is 19.0 Å². The predicted molar refractivity (Wildman–Crippen MR) is 76.5 cm³/mol. The molecule has 11 heteroatoms. The van der Waals surface area contributed by atoms with Crippen LogP contribution >= 0.6 is 0 Å². The summed E-state index contributed by atoms with van der Waals surface area (Å²) in [5.74, 6) is -1.40. The van der Waals surface area contributed by atoms with Crippen molar-refractivity contribution < 1.29 is 28.0 Å². The number of nitrogens with two attached hydrogens (primary N) is 1. The van der Waals surface area contributed by atoms with Gasteiger partial charge in [0, 0.05) is 19.0 Å². The van der Waals surface area contributed by atoms with Gasteiger partial charge >= 0.3 is 6.18 Å². The third-order valence-electron chi connectivity index (χ3n) is 3.16. The molecular formula is C13H14F3N5O3. The Morgan fingerprint density at radius 2 is 2.04 bits per heavy atom. The maximum Gasteiger partial charge on any atom is 0.389 e. The van der Waals surface area contributed by atoms with Gasteiger partial charge in [0.1, 0.15) is 11.5 Å². The lowest BCUT2D eigenvalue weighted by Crippen LogP contribution is -2.27. The van der Waals surface area contributed by atoms with Crippen molar-refractivity contribution in [2.45, 2.75) is 19.0 Å². The van der Waals surface area contributed by atoms with E-state index >= 15 is 0 Å². The number of nitrogens with one attached hydrogen (secondary N) is 2. The molecule has 24 heavy (non-hydrogen) atoms. The number of anilines is 1. The van der Waals surface area contributed by atoms with E-state index in [-0.39, 0.29) is 22.7 Å². The predicted octanol–water partition coefficient (Wildman–Crippen LogP) is 0.845. The molecule has 2 amide bonds. The van der Waals surface area contributed by atoms with Crippen LogP contribution in [0.15, 0.2) is 18.3 Å². The van der Waals surface area contributed by atoms with E-state index in [0.29, 0.717) is 0 Å². The molecule has 0 radical (unpaired) electrons. The normalized spacial score (nSPS) is 11.5. The van der Waals surface area contributed by atoms with E-state index in [1.54, 1.807) is 0 Å². The molecule has 5 N–H and O–H groups in total. The van der Waals surface area contributed by atoms with Crippen molar-refractivity contribution in [2.24, 2.45) is 5.73 Å². The number of amides is 2. The van der Waals surface area contributed by atoms with Gasteiger partial charge in [0.25, 0.3) is 5.91 Å². The molecule has 0 unspecified atom stereocenters. The van der Waals surface area contributed by atoms with Crippen molar-refractivity contribution in [1.29, 1.82) is 0 Å². The summed E-state index contributed by atoms with van der Waals surface area (Å²) in [7, 11) is 0. The largest absolute Gasteiger partial charge is 0.389 e. The lowest BCUT2D eigenvalue weighted by molar-refractivity contribution is -0.134. The molecule has 2 rings (SSSR count). The quantitative estimate of drug-likeness (QED) is 0.457. The van der Waals surface area contributed by atoms with Crippen molar-refractivity contribution in [3.8, 4) is 0 Å². The number of halogens is 3. The van der Waals surface area contributed by atoms with Crippen molar-refractivity contribution >= 4 is 23.3 Å². The number of pyridine rings is 1. The van der Waals surface area contributed by atoms with E-state index in [1.165, 1.54) is 28.2 Å². The number of fused-ring (bicyclic) bond motifs is 1. The van der Waals surface area contributed by atoms with Crippen molar-refractivity contribution in [3.05, 3.63) is 29.6 Å². The molecule has 2 aromatic heterocycles. The van der Waals surface area contributed by atoms with Gasteiger partial charge in [0.2, 0.25) is 5.91 Å². The molecular weight excluding hydrogens is 331 g/mol. The third kappa shape index (κ3) is 4.13. The number of alkyl halides is 3. The zero-order valence-electron chi connectivity index (χ0n) is 12.2. The van der Waals surface area contributed by atoms with Crippen LogP contribution in [0.2, 0.25) is 0 Å². The molecule has 2 heterocycles. The van der Waals surface area contributed by atoms with Crippen LogP contribution < -0.4 is 16.5 Å². The number of carbonyl (C=O) groups is 2. The summed E-state index contributed by atoms with van der Waals surface area (Å²) in [6.45, 7) is -0.399. The Morgan fingerprint density at radius 3 is 2.62 bits per heavy atom. The Balaban J connectivity index is 2.42. The van der Waals surface area contributed by atoms with Gasteiger partial charge in [-0.05, 0) is 12.1 Å². The molecule has 0 fully saturated rings. The average molecular weight is 345 g/mol. The van der Waals surface area contributed by atoms with Crippen molar-refractivity contribution in [3.63, 3.8) is 0 Å². The molecule has 0 saturated carbocycles. The average Bonchev–Trinajstić information content (AvgIpc) is 2.86. The number of hydrogen-bond donors (Lipinski definition) is 4. The molecule has 0 atom stereocenters. The first kappa shape index (κ1) is 17.5. The summed E-state index contributed by atoms with van der Waals surface area (Å²) in [5, 5.41) is 11.1. The number of rotatable bonds is 6. The van der Waals surface area contributed by atoms with Gasteiger partial charge in [0.05, 0.1) is 17.8 Å². The first-order valence-corrected chi connectivity index (χ1v) is 6.75. The number of hydroxylamine groups is 1. The molecule has 0 saturated heterocycles. The highest BCUT2D eigenvalue weighted by atomic mass is 19.4. The fourth-order valence-corrected chi connectivity index (χ4v) is 2.06. The number of aromatic nitrogens is 2. The first-order valence-electron chi connectivity index (χ1n) is 6.75. The molecule has 8 nitrogen and oxygen atoms in total. The standard InChI is InChI=1S/C13H14F3N5O3/c14-13(15,16)4-3-8-12(18-5-10(22)20-24)21-6-7(11(17)23)1-2-9(21)19-8/h1-2,6,18,24H,3-5H2,(H2,17,23)(H,20,22). The molecule has 0 aliphatic rings. The van der Waals surface area contributed by atoms with Gasteiger partial charge < -0.3 is 11.1 Å². The minimum atomic E-state index is -4.37. The summed E-state index contributed by atoms with van der Waals surface area (Å²) in [6.07, 6.45) is -4.57. The minimum Gasteiger partial charge on any atom is -0.366 e. The highest BCUT2D eigenvalue weighted by Crippen LogP contribution is 2.26. The van der Waals surface area contributed by atoms with Crippen LogP contribution in [0.25, 0.3) is 5.65 Å². The van der Waals surface area contributed by atoms with Gasteiger partial charge in [-0.15, -0.1) is 0 Å². The molecule has 0 bridgehead atoms. The Hall–Kier alpha value is -2.82.